The minimum atomic E-state index is -1.01. The van der Waals surface area contributed by atoms with E-state index in [-0.39, 0.29) is 23.3 Å². The van der Waals surface area contributed by atoms with E-state index in [1.54, 1.807) is 0 Å². The number of carbonyl (C=O) groups is 3. The van der Waals surface area contributed by atoms with Gasteiger partial charge in [0.05, 0.1) is 11.5 Å². The molecule has 4 rings (SSSR count). The number of carbonyl (C=O) groups excluding carboxylic acids is 2. The number of ether oxygens (including phenoxy) is 1. The van der Waals surface area contributed by atoms with Crippen molar-refractivity contribution in [1.29, 1.82) is 0 Å². The van der Waals surface area contributed by atoms with Gasteiger partial charge in [-0.05, 0) is 46.6 Å². The Morgan fingerprint density at radius 2 is 1.93 bits per heavy atom. The van der Waals surface area contributed by atoms with Gasteiger partial charge < -0.3 is 20.1 Å². The number of hydrogen-bond acceptors (Lipinski definition) is 5. The molecule has 162 valence electrons. The minimum absolute atomic E-state index is 0.0156. The molecule has 0 bridgehead atoms. The summed E-state index contributed by atoms with van der Waals surface area (Å²) in [5, 5.41) is 12.2. The van der Waals surface area contributed by atoms with Crippen LogP contribution >= 0.6 is 11.8 Å². The average molecular weight is 433 g/mol. The number of β-lactam (4-membered cyclic amide) rings is 1. The molecular formula is C22H28N2O5S. The summed E-state index contributed by atoms with van der Waals surface area (Å²) in [5.74, 6) is -0.807. The first kappa shape index (κ1) is 21.0. The van der Waals surface area contributed by atoms with Crippen LogP contribution in [-0.2, 0) is 19.8 Å². The van der Waals surface area contributed by atoms with Gasteiger partial charge in [-0.3, -0.25) is 9.59 Å². The molecule has 2 N–H and O–H groups in total. The molecule has 0 spiro atoms. The Morgan fingerprint density at radius 1 is 1.27 bits per heavy atom. The number of benzene rings is 1. The van der Waals surface area contributed by atoms with Crippen molar-refractivity contribution in [1.82, 2.24) is 10.2 Å². The lowest BCUT2D eigenvalue weighted by Gasteiger charge is -2.47. The fourth-order valence-corrected chi connectivity index (χ4v) is 6.42. The van der Waals surface area contributed by atoms with Crippen LogP contribution in [0.5, 0.6) is 5.75 Å². The zero-order valence-corrected chi connectivity index (χ0v) is 18.5. The maximum Gasteiger partial charge on any atom is 0.327 e. The summed E-state index contributed by atoms with van der Waals surface area (Å²) < 4.78 is 5.34. The van der Waals surface area contributed by atoms with Crippen LogP contribution in [0.25, 0.3) is 0 Å². The molecule has 7 nitrogen and oxygen atoms in total. The van der Waals surface area contributed by atoms with Crippen LogP contribution in [0.4, 0.5) is 0 Å². The number of para-hydroxylation sites is 1. The molecule has 30 heavy (non-hydrogen) atoms. The maximum absolute atomic E-state index is 13.4. The van der Waals surface area contributed by atoms with Crippen molar-refractivity contribution in [3.8, 4) is 5.75 Å². The molecule has 1 aromatic carbocycles. The van der Waals surface area contributed by atoms with E-state index >= 15 is 0 Å². The van der Waals surface area contributed by atoms with Crippen molar-refractivity contribution in [2.45, 2.75) is 80.7 Å². The Morgan fingerprint density at radius 3 is 2.50 bits per heavy atom. The van der Waals surface area contributed by atoms with Crippen LogP contribution in [0.15, 0.2) is 24.3 Å². The summed E-state index contributed by atoms with van der Waals surface area (Å²) in [6.07, 6.45) is 2.31. The maximum atomic E-state index is 13.4. The topological polar surface area (TPSA) is 95.9 Å². The second kappa shape index (κ2) is 7.18. The molecule has 0 unspecified atom stereocenters. The summed E-state index contributed by atoms with van der Waals surface area (Å²) >= 11 is 1.44. The van der Waals surface area contributed by atoms with Gasteiger partial charge in [-0.15, -0.1) is 11.8 Å². The molecule has 2 amide bonds. The molecule has 1 saturated carbocycles. The van der Waals surface area contributed by atoms with E-state index in [0.29, 0.717) is 18.6 Å². The fourth-order valence-electron chi connectivity index (χ4n) is 4.79. The van der Waals surface area contributed by atoms with Gasteiger partial charge in [0.15, 0.2) is 0 Å². The molecule has 2 saturated heterocycles. The van der Waals surface area contributed by atoms with Crippen LogP contribution in [0, 0.1) is 0 Å². The van der Waals surface area contributed by atoms with E-state index in [4.69, 9.17) is 4.74 Å². The quantitative estimate of drug-likeness (QED) is 0.671. The van der Waals surface area contributed by atoms with Gasteiger partial charge in [-0.2, -0.15) is 0 Å². The van der Waals surface area contributed by atoms with E-state index in [9.17, 15) is 19.5 Å². The second-order valence-electron chi connectivity index (χ2n) is 9.15. The summed E-state index contributed by atoms with van der Waals surface area (Å²) in [6, 6.07) is 6.03. The molecule has 1 aromatic rings. The van der Waals surface area contributed by atoms with Crippen molar-refractivity contribution in [3.05, 3.63) is 29.8 Å². The Hall–Kier alpha value is -2.22. The highest BCUT2D eigenvalue weighted by Crippen LogP contribution is 2.52. The Labute approximate surface area is 180 Å². The Balaban J connectivity index is 1.56. The molecule has 8 heteroatoms. The van der Waals surface area contributed by atoms with E-state index in [1.807, 2.05) is 52.0 Å². The Bertz CT molecular complexity index is 895. The van der Waals surface area contributed by atoms with Crippen LogP contribution in [0.2, 0.25) is 0 Å². The third kappa shape index (κ3) is 3.07. The SMILES string of the molecule is CC(C)Oc1ccccc1C1(C(=O)N[C@@H]2C(=O)N3[C@@H]2SC(C)(C)[C@H]3C(=O)O)CCC1. The van der Waals surface area contributed by atoms with Crippen molar-refractivity contribution >= 4 is 29.5 Å². The van der Waals surface area contributed by atoms with E-state index in [0.717, 1.165) is 12.0 Å². The number of hydrogen-bond donors (Lipinski definition) is 2. The van der Waals surface area contributed by atoms with E-state index < -0.39 is 28.2 Å². The van der Waals surface area contributed by atoms with Crippen molar-refractivity contribution < 1.29 is 24.2 Å². The lowest BCUT2D eigenvalue weighted by atomic mass is 9.63. The summed E-state index contributed by atoms with van der Waals surface area (Å²) in [4.78, 5) is 39.3. The third-order valence-corrected chi connectivity index (χ3v) is 7.94. The van der Waals surface area contributed by atoms with E-state index in [1.165, 1.54) is 16.7 Å². The number of nitrogens with one attached hydrogen (secondary N) is 1. The van der Waals surface area contributed by atoms with Crippen LogP contribution < -0.4 is 10.1 Å². The number of nitrogens with zero attached hydrogens (tertiary/aromatic N) is 1. The van der Waals surface area contributed by atoms with E-state index in [2.05, 4.69) is 5.32 Å². The largest absolute Gasteiger partial charge is 0.491 e. The first-order valence-corrected chi connectivity index (χ1v) is 11.3. The molecule has 2 aliphatic heterocycles. The summed E-state index contributed by atoms with van der Waals surface area (Å²) in [5.41, 5.74) is 0.144. The van der Waals surface area contributed by atoms with Gasteiger partial charge in [-0.25, -0.2) is 4.79 Å². The van der Waals surface area contributed by atoms with Crippen molar-refractivity contribution in [3.63, 3.8) is 0 Å². The number of fused-ring (bicyclic) bond motifs is 1. The minimum Gasteiger partial charge on any atom is -0.491 e. The smallest absolute Gasteiger partial charge is 0.327 e. The lowest BCUT2D eigenvalue weighted by molar-refractivity contribution is -0.161. The first-order valence-electron chi connectivity index (χ1n) is 10.4. The molecule has 0 radical (unpaired) electrons. The van der Waals surface area contributed by atoms with Gasteiger partial charge in [0, 0.05) is 10.3 Å². The molecule has 1 aliphatic carbocycles. The van der Waals surface area contributed by atoms with Crippen LogP contribution in [-0.4, -0.2) is 56.1 Å². The van der Waals surface area contributed by atoms with Crippen molar-refractivity contribution in [2.24, 2.45) is 0 Å². The molecule has 0 aromatic heterocycles. The molecule has 2 heterocycles. The van der Waals surface area contributed by atoms with Gasteiger partial charge >= 0.3 is 5.97 Å². The van der Waals surface area contributed by atoms with Gasteiger partial charge in [0.25, 0.3) is 0 Å². The van der Waals surface area contributed by atoms with Gasteiger partial charge in [0.1, 0.15) is 23.2 Å². The number of amides is 2. The molecule has 3 fully saturated rings. The van der Waals surface area contributed by atoms with Gasteiger partial charge in [0.2, 0.25) is 11.8 Å². The van der Waals surface area contributed by atoms with Crippen LogP contribution in [0.1, 0.15) is 52.5 Å². The highest BCUT2D eigenvalue weighted by atomic mass is 32.2. The molecule has 3 atom stereocenters. The number of carboxylic acid groups (broad SMARTS) is 1. The zero-order valence-electron chi connectivity index (χ0n) is 17.7. The first-order chi connectivity index (χ1) is 14.1. The predicted octanol–water partition coefficient (Wildman–Crippen LogP) is 2.53. The second-order valence-corrected chi connectivity index (χ2v) is 10.9. The number of rotatable bonds is 6. The van der Waals surface area contributed by atoms with Crippen LogP contribution in [0.3, 0.4) is 0 Å². The highest BCUT2D eigenvalue weighted by Gasteiger charge is 2.65. The zero-order chi connectivity index (χ0) is 21.8. The standard InChI is InChI=1S/C22H28N2O5S/c1-12(2)29-14-9-6-5-8-13(14)22(10-7-11-22)20(28)23-15-17(25)24-16(19(26)27)21(3,4)30-18(15)24/h5-6,8-9,12,15-16,18H,7,10-11H2,1-4H3,(H,23,28)(H,26,27)/t15-,16-,18-/m1/s1. The predicted molar refractivity (Wildman–Crippen MR) is 113 cm³/mol. The average Bonchev–Trinajstić information content (AvgIpc) is 2.88. The number of carboxylic acids is 1. The third-order valence-electron chi connectivity index (χ3n) is 6.37. The number of aliphatic carboxylic acids is 1. The number of thioether (sulfide) groups is 1. The fraction of sp³-hybridized carbons (Fsp3) is 0.591. The Kier molecular flexibility index (Phi) is 5.03. The highest BCUT2D eigenvalue weighted by molar-refractivity contribution is 8.01. The summed E-state index contributed by atoms with van der Waals surface area (Å²) in [6.45, 7) is 7.55. The summed E-state index contributed by atoms with van der Waals surface area (Å²) in [7, 11) is 0. The lowest BCUT2D eigenvalue weighted by Crippen LogP contribution is -2.72. The monoisotopic (exact) mass is 432 g/mol. The molecular weight excluding hydrogens is 404 g/mol. The van der Waals surface area contributed by atoms with Crippen molar-refractivity contribution in [2.75, 3.05) is 0 Å². The normalized spacial score (nSPS) is 28.4. The van der Waals surface area contributed by atoms with Gasteiger partial charge in [-0.1, -0.05) is 24.6 Å². The molecule has 3 aliphatic rings.